The van der Waals surface area contributed by atoms with Gasteiger partial charge in [-0.15, -0.1) is 0 Å². The van der Waals surface area contributed by atoms with Crippen LogP contribution in [0, 0.1) is 12.8 Å². The number of aryl methyl sites for hydroxylation is 1. The molecule has 2 fully saturated rings. The highest BCUT2D eigenvalue weighted by molar-refractivity contribution is 5.79. The molecule has 3 unspecified atom stereocenters. The number of hydrogen-bond donors (Lipinski definition) is 1. The Bertz CT molecular complexity index is 645. The van der Waals surface area contributed by atoms with Crippen molar-refractivity contribution < 1.29 is 4.74 Å². The Hall–Kier alpha value is -1.59. The van der Waals surface area contributed by atoms with Crippen molar-refractivity contribution in [2.75, 3.05) is 46.4 Å². The lowest BCUT2D eigenvalue weighted by Gasteiger charge is -2.33. The molecule has 1 N–H and O–H groups in total. The van der Waals surface area contributed by atoms with Crippen LogP contribution in [0.3, 0.4) is 0 Å². The normalized spacial score (nSPS) is 25.9. The Morgan fingerprint density at radius 2 is 2.00 bits per heavy atom. The van der Waals surface area contributed by atoms with Gasteiger partial charge < -0.3 is 15.0 Å². The van der Waals surface area contributed by atoms with Gasteiger partial charge in [0.25, 0.3) is 0 Å². The van der Waals surface area contributed by atoms with E-state index in [4.69, 9.17) is 9.73 Å². The summed E-state index contributed by atoms with van der Waals surface area (Å²) in [5, 5.41) is 3.51. The van der Waals surface area contributed by atoms with Gasteiger partial charge in [-0.05, 0) is 58.2 Å². The molecule has 1 aromatic carbocycles. The zero-order valence-corrected chi connectivity index (χ0v) is 18.9. The first-order valence-corrected chi connectivity index (χ1v) is 11.5. The lowest BCUT2D eigenvalue weighted by Crippen LogP contribution is -2.46. The molecule has 3 rings (SSSR count). The fourth-order valence-electron chi connectivity index (χ4n) is 4.75. The molecule has 3 atom stereocenters. The highest BCUT2D eigenvalue weighted by Gasteiger charge is 2.28. The molecule has 0 bridgehead atoms. The minimum atomic E-state index is 0.159. The zero-order chi connectivity index (χ0) is 20.6. The summed E-state index contributed by atoms with van der Waals surface area (Å²) in [4.78, 5) is 9.98. The number of benzene rings is 1. The summed E-state index contributed by atoms with van der Waals surface area (Å²) in [6.45, 7) is 12.5. The maximum Gasteiger partial charge on any atom is 0.193 e. The van der Waals surface area contributed by atoms with Crippen molar-refractivity contribution in [1.82, 2.24) is 15.1 Å². The van der Waals surface area contributed by atoms with Gasteiger partial charge in [-0.25, -0.2) is 0 Å². The minimum absolute atomic E-state index is 0.159. The predicted molar refractivity (Wildman–Crippen MR) is 121 cm³/mol. The van der Waals surface area contributed by atoms with Crippen LogP contribution in [-0.2, 0) is 4.74 Å². The van der Waals surface area contributed by atoms with Crippen molar-refractivity contribution >= 4 is 5.96 Å². The van der Waals surface area contributed by atoms with Crippen LogP contribution in [0.5, 0.6) is 0 Å². The van der Waals surface area contributed by atoms with Crippen molar-refractivity contribution in [1.29, 1.82) is 0 Å². The van der Waals surface area contributed by atoms with Crippen LogP contribution in [-0.4, -0.2) is 68.2 Å². The average Bonchev–Trinajstić information content (AvgIpc) is 3.19. The first kappa shape index (κ1) is 22.1. The maximum absolute atomic E-state index is 6.20. The van der Waals surface area contributed by atoms with E-state index in [9.17, 15) is 0 Å². The third kappa shape index (κ3) is 5.95. The molecule has 2 aliphatic heterocycles. The van der Waals surface area contributed by atoms with E-state index in [0.717, 1.165) is 45.2 Å². The van der Waals surface area contributed by atoms with E-state index >= 15 is 0 Å². The van der Waals surface area contributed by atoms with E-state index < -0.39 is 0 Å². The summed E-state index contributed by atoms with van der Waals surface area (Å²) in [5.41, 5.74) is 2.58. The number of hydrogen-bond acceptors (Lipinski definition) is 3. The van der Waals surface area contributed by atoms with Gasteiger partial charge in [0, 0.05) is 45.2 Å². The van der Waals surface area contributed by atoms with Crippen molar-refractivity contribution in [2.45, 2.75) is 58.6 Å². The average molecular weight is 401 g/mol. The van der Waals surface area contributed by atoms with Gasteiger partial charge in [0.1, 0.15) is 0 Å². The third-order valence-electron chi connectivity index (χ3n) is 6.41. The van der Waals surface area contributed by atoms with E-state index in [1.165, 1.54) is 36.9 Å². The van der Waals surface area contributed by atoms with E-state index in [1.807, 2.05) is 0 Å². The van der Waals surface area contributed by atoms with Crippen LogP contribution in [0.1, 0.15) is 56.8 Å². The summed E-state index contributed by atoms with van der Waals surface area (Å²) in [7, 11) is 2.18. The molecule has 0 aliphatic carbocycles. The standard InChI is InChI=1S/C24H40N4O/c1-5-25-24(27(4)18-22-10-7-15-28(22)6-2)26-17-21-9-8-16-29-23(21)20-13-11-19(3)12-14-20/h11-14,21-23H,5-10,15-18H2,1-4H3,(H,25,26). The fraction of sp³-hybridized carbons (Fsp3) is 0.708. The van der Waals surface area contributed by atoms with Crippen LogP contribution < -0.4 is 5.32 Å². The van der Waals surface area contributed by atoms with Crippen LogP contribution in [0.2, 0.25) is 0 Å². The number of nitrogens with one attached hydrogen (secondary N) is 1. The third-order valence-corrected chi connectivity index (χ3v) is 6.41. The number of nitrogens with zero attached hydrogens (tertiary/aromatic N) is 3. The summed E-state index contributed by atoms with van der Waals surface area (Å²) in [5.74, 6) is 1.47. The molecule has 0 radical (unpaired) electrons. The Morgan fingerprint density at radius 1 is 1.21 bits per heavy atom. The molecule has 162 valence electrons. The molecule has 0 amide bonds. The number of aliphatic imine (C=N–C) groups is 1. The number of likely N-dealkylation sites (tertiary alicyclic amines) is 1. The Kier molecular flexibility index (Phi) is 8.37. The number of ether oxygens (including phenoxy) is 1. The molecule has 2 heterocycles. The molecule has 2 saturated heterocycles. The van der Waals surface area contributed by atoms with Gasteiger partial charge in [0.15, 0.2) is 5.96 Å². The topological polar surface area (TPSA) is 40.1 Å². The monoisotopic (exact) mass is 400 g/mol. The van der Waals surface area contributed by atoms with E-state index in [2.05, 4.69) is 67.2 Å². The smallest absolute Gasteiger partial charge is 0.193 e. The van der Waals surface area contributed by atoms with Crippen molar-refractivity contribution in [3.63, 3.8) is 0 Å². The Morgan fingerprint density at radius 3 is 2.72 bits per heavy atom. The summed E-state index contributed by atoms with van der Waals surface area (Å²) in [6.07, 6.45) is 5.08. The minimum Gasteiger partial charge on any atom is -0.373 e. The molecule has 0 spiro atoms. The van der Waals surface area contributed by atoms with Gasteiger partial charge in [0.2, 0.25) is 0 Å². The van der Waals surface area contributed by atoms with Gasteiger partial charge >= 0.3 is 0 Å². The van der Waals surface area contributed by atoms with Crippen molar-refractivity contribution in [3.05, 3.63) is 35.4 Å². The fourth-order valence-corrected chi connectivity index (χ4v) is 4.75. The first-order chi connectivity index (χ1) is 14.1. The van der Waals surface area contributed by atoms with Crippen molar-refractivity contribution in [2.24, 2.45) is 10.9 Å². The number of guanidine groups is 1. The maximum atomic E-state index is 6.20. The number of likely N-dealkylation sites (N-methyl/N-ethyl adjacent to an activating group) is 2. The zero-order valence-electron chi connectivity index (χ0n) is 18.9. The predicted octanol–water partition coefficient (Wildman–Crippen LogP) is 3.84. The van der Waals surface area contributed by atoms with Crippen LogP contribution in [0.15, 0.2) is 29.3 Å². The molecule has 29 heavy (non-hydrogen) atoms. The highest BCUT2D eigenvalue weighted by atomic mass is 16.5. The van der Waals surface area contributed by atoms with Gasteiger partial charge in [-0.1, -0.05) is 36.8 Å². The molecule has 2 aliphatic rings. The summed E-state index contributed by atoms with van der Waals surface area (Å²) in [6, 6.07) is 9.46. The van der Waals surface area contributed by atoms with Gasteiger partial charge in [0.05, 0.1) is 6.10 Å². The van der Waals surface area contributed by atoms with Gasteiger partial charge in [-0.3, -0.25) is 9.89 Å². The Labute approximate surface area is 177 Å². The Balaban J connectivity index is 1.66. The molecule has 5 heteroatoms. The lowest BCUT2D eigenvalue weighted by molar-refractivity contribution is -0.0250. The van der Waals surface area contributed by atoms with Crippen molar-refractivity contribution in [3.8, 4) is 0 Å². The molecular weight excluding hydrogens is 360 g/mol. The van der Waals surface area contributed by atoms with Crippen LogP contribution in [0.25, 0.3) is 0 Å². The largest absolute Gasteiger partial charge is 0.373 e. The van der Waals surface area contributed by atoms with E-state index in [-0.39, 0.29) is 6.10 Å². The lowest BCUT2D eigenvalue weighted by atomic mass is 9.89. The molecule has 0 aromatic heterocycles. The second-order valence-corrected chi connectivity index (χ2v) is 8.60. The first-order valence-electron chi connectivity index (χ1n) is 11.5. The highest BCUT2D eigenvalue weighted by Crippen LogP contribution is 2.34. The van der Waals surface area contributed by atoms with E-state index in [1.54, 1.807) is 0 Å². The molecule has 0 saturated carbocycles. The van der Waals surface area contributed by atoms with Gasteiger partial charge in [-0.2, -0.15) is 0 Å². The molecule has 1 aromatic rings. The summed E-state index contributed by atoms with van der Waals surface area (Å²) < 4.78 is 6.20. The summed E-state index contributed by atoms with van der Waals surface area (Å²) >= 11 is 0. The van der Waals surface area contributed by atoms with E-state index in [0.29, 0.717) is 12.0 Å². The molecule has 5 nitrogen and oxygen atoms in total. The second kappa shape index (κ2) is 11.0. The second-order valence-electron chi connectivity index (χ2n) is 8.60. The molecular formula is C24H40N4O. The van der Waals surface area contributed by atoms with Crippen LogP contribution >= 0.6 is 0 Å². The SMILES string of the molecule is CCNC(=NCC1CCCOC1c1ccc(C)cc1)N(C)CC1CCCN1CC. The van der Waals surface area contributed by atoms with Crippen LogP contribution in [0.4, 0.5) is 0 Å². The quantitative estimate of drug-likeness (QED) is 0.558. The number of rotatable bonds is 7.